The molecule has 90 valence electrons. The molecule has 0 aliphatic rings. The summed E-state index contributed by atoms with van der Waals surface area (Å²) in [6, 6.07) is 3.83. The van der Waals surface area contributed by atoms with Gasteiger partial charge in [-0.25, -0.2) is 4.98 Å². The second-order valence-electron chi connectivity index (χ2n) is 3.67. The summed E-state index contributed by atoms with van der Waals surface area (Å²) in [5, 5.41) is 11.1. The normalized spacial score (nSPS) is 10.5. The van der Waals surface area contributed by atoms with Gasteiger partial charge in [0.15, 0.2) is 0 Å². The maximum absolute atomic E-state index is 5.00. The van der Waals surface area contributed by atoms with E-state index < -0.39 is 0 Å². The molecule has 0 fully saturated rings. The number of hydrogen-bond donors (Lipinski definition) is 1. The lowest BCUT2D eigenvalue weighted by atomic mass is 10.3. The van der Waals surface area contributed by atoms with Gasteiger partial charge < -0.3 is 14.6 Å². The third-order valence-corrected chi connectivity index (χ3v) is 2.42. The van der Waals surface area contributed by atoms with Crippen LogP contribution < -0.4 is 10.1 Å². The molecule has 17 heavy (non-hydrogen) atoms. The Kier molecular flexibility index (Phi) is 3.66. The maximum Gasteiger partial charge on any atom is 0.212 e. The number of ether oxygens (including phenoxy) is 1. The summed E-state index contributed by atoms with van der Waals surface area (Å²) >= 11 is 0. The molecule has 0 aromatic carbocycles. The molecule has 0 aliphatic carbocycles. The summed E-state index contributed by atoms with van der Waals surface area (Å²) in [4.78, 5) is 4.13. The lowest BCUT2D eigenvalue weighted by Gasteiger charge is -2.04. The van der Waals surface area contributed by atoms with Crippen LogP contribution in [0.25, 0.3) is 0 Å². The molecule has 0 aliphatic heterocycles. The summed E-state index contributed by atoms with van der Waals surface area (Å²) in [5.74, 6) is 1.54. The van der Waals surface area contributed by atoms with Crippen LogP contribution >= 0.6 is 0 Å². The predicted molar refractivity (Wildman–Crippen MR) is 62.3 cm³/mol. The fourth-order valence-corrected chi connectivity index (χ4v) is 1.42. The van der Waals surface area contributed by atoms with E-state index >= 15 is 0 Å². The van der Waals surface area contributed by atoms with Gasteiger partial charge in [0.1, 0.15) is 12.2 Å². The Morgan fingerprint density at radius 3 is 2.82 bits per heavy atom. The first kappa shape index (κ1) is 11.5. The fraction of sp³-hybridized carbons (Fsp3) is 0.364. The Labute approximate surface area is 99.7 Å². The van der Waals surface area contributed by atoms with E-state index in [0.717, 1.165) is 17.9 Å². The SMILES string of the molecule is COc1ccc(CNCc2nncn2C)cn1. The molecule has 2 aromatic rings. The topological polar surface area (TPSA) is 64.9 Å². The molecule has 6 nitrogen and oxygen atoms in total. The van der Waals surface area contributed by atoms with Crippen LogP contribution in [-0.2, 0) is 20.1 Å². The third kappa shape index (κ3) is 3.01. The first-order valence-corrected chi connectivity index (χ1v) is 5.32. The average molecular weight is 233 g/mol. The summed E-state index contributed by atoms with van der Waals surface area (Å²) in [5.41, 5.74) is 1.10. The van der Waals surface area contributed by atoms with Gasteiger partial charge in [0.25, 0.3) is 0 Å². The van der Waals surface area contributed by atoms with Gasteiger partial charge in [-0.15, -0.1) is 10.2 Å². The van der Waals surface area contributed by atoms with Crippen LogP contribution in [0.5, 0.6) is 5.88 Å². The minimum absolute atomic E-state index is 0.627. The van der Waals surface area contributed by atoms with E-state index in [1.807, 2.05) is 23.7 Å². The summed E-state index contributed by atoms with van der Waals surface area (Å²) in [7, 11) is 3.53. The zero-order valence-corrected chi connectivity index (χ0v) is 9.92. The van der Waals surface area contributed by atoms with Crippen LogP contribution in [0, 0.1) is 0 Å². The Hall–Kier alpha value is -1.95. The number of nitrogens with zero attached hydrogens (tertiary/aromatic N) is 4. The number of aryl methyl sites for hydroxylation is 1. The quantitative estimate of drug-likeness (QED) is 0.815. The van der Waals surface area contributed by atoms with Gasteiger partial charge in [0.05, 0.1) is 13.7 Å². The number of nitrogens with one attached hydrogen (secondary N) is 1. The van der Waals surface area contributed by atoms with Crippen LogP contribution in [-0.4, -0.2) is 26.9 Å². The van der Waals surface area contributed by atoms with Crippen LogP contribution in [0.2, 0.25) is 0 Å². The van der Waals surface area contributed by atoms with Crippen molar-refractivity contribution in [3.05, 3.63) is 36.0 Å². The van der Waals surface area contributed by atoms with E-state index in [4.69, 9.17) is 4.74 Å². The molecule has 0 radical (unpaired) electrons. The van der Waals surface area contributed by atoms with Crippen molar-refractivity contribution in [3.8, 4) is 5.88 Å². The molecular weight excluding hydrogens is 218 g/mol. The van der Waals surface area contributed by atoms with Crippen molar-refractivity contribution in [2.45, 2.75) is 13.1 Å². The molecule has 0 unspecified atom stereocenters. The van der Waals surface area contributed by atoms with Crippen molar-refractivity contribution < 1.29 is 4.74 Å². The first-order chi connectivity index (χ1) is 8.29. The Morgan fingerprint density at radius 1 is 1.35 bits per heavy atom. The zero-order chi connectivity index (χ0) is 12.1. The van der Waals surface area contributed by atoms with Crippen LogP contribution in [0.3, 0.4) is 0 Å². The summed E-state index contributed by atoms with van der Waals surface area (Å²) in [6.45, 7) is 1.42. The average Bonchev–Trinajstić information content (AvgIpc) is 2.76. The van der Waals surface area contributed by atoms with Crippen molar-refractivity contribution in [3.63, 3.8) is 0 Å². The Balaban J connectivity index is 1.83. The van der Waals surface area contributed by atoms with Crippen molar-refractivity contribution in [1.82, 2.24) is 25.1 Å². The van der Waals surface area contributed by atoms with Crippen molar-refractivity contribution >= 4 is 0 Å². The first-order valence-electron chi connectivity index (χ1n) is 5.32. The van der Waals surface area contributed by atoms with E-state index in [2.05, 4.69) is 20.5 Å². The second-order valence-corrected chi connectivity index (χ2v) is 3.67. The summed E-state index contributed by atoms with van der Waals surface area (Å²) in [6.07, 6.45) is 3.48. The Bertz CT molecular complexity index is 465. The van der Waals surface area contributed by atoms with Crippen molar-refractivity contribution in [2.75, 3.05) is 7.11 Å². The molecule has 2 heterocycles. The van der Waals surface area contributed by atoms with Gasteiger partial charge in [0, 0.05) is 25.9 Å². The van der Waals surface area contributed by atoms with Gasteiger partial charge in [-0.2, -0.15) is 0 Å². The van der Waals surface area contributed by atoms with Gasteiger partial charge in [0.2, 0.25) is 5.88 Å². The number of rotatable bonds is 5. The maximum atomic E-state index is 5.00. The van der Waals surface area contributed by atoms with Gasteiger partial charge in [-0.1, -0.05) is 6.07 Å². The minimum atomic E-state index is 0.627. The number of pyridine rings is 1. The highest BCUT2D eigenvalue weighted by atomic mass is 16.5. The minimum Gasteiger partial charge on any atom is -0.481 e. The highest BCUT2D eigenvalue weighted by molar-refractivity contribution is 5.17. The predicted octanol–water partition coefficient (Wildman–Crippen LogP) is 0.508. The highest BCUT2D eigenvalue weighted by Crippen LogP contribution is 2.06. The van der Waals surface area contributed by atoms with Crippen LogP contribution in [0.4, 0.5) is 0 Å². The fourth-order valence-electron chi connectivity index (χ4n) is 1.42. The Morgan fingerprint density at radius 2 is 2.24 bits per heavy atom. The van der Waals surface area contributed by atoms with Gasteiger partial charge in [-0.3, -0.25) is 0 Å². The third-order valence-electron chi connectivity index (χ3n) is 2.42. The molecular formula is C11H15N5O. The molecule has 0 amide bonds. The number of hydrogen-bond acceptors (Lipinski definition) is 5. The number of methoxy groups -OCH3 is 1. The monoisotopic (exact) mass is 233 g/mol. The van der Waals surface area contributed by atoms with E-state index in [1.165, 1.54) is 0 Å². The summed E-state index contributed by atoms with van der Waals surface area (Å²) < 4.78 is 6.88. The largest absolute Gasteiger partial charge is 0.481 e. The number of aromatic nitrogens is 4. The van der Waals surface area contributed by atoms with Crippen molar-refractivity contribution in [2.24, 2.45) is 7.05 Å². The van der Waals surface area contributed by atoms with Gasteiger partial charge >= 0.3 is 0 Å². The highest BCUT2D eigenvalue weighted by Gasteiger charge is 2.00. The second kappa shape index (κ2) is 5.40. The molecule has 0 spiro atoms. The molecule has 0 saturated carbocycles. The molecule has 6 heteroatoms. The van der Waals surface area contributed by atoms with E-state index in [-0.39, 0.29) is 0 Å². The van der Waals surface area contributed by atoms with E-state index in [0.29, 0.717) is 12.4 Å². The lowest BCUT2D eigenvalue weighted by molar-refractivity contribution is 0.397. The van der Waals surface area contributed by atoms with E-state index in [1.54, 1.807) is 19.6 Å². The molecule has 0 atom stereocenters. The van der Waals surface area contributed by atoms with Crippen LogP contribution in [0.1, 0.15) is 11.4 Å². The molecule has 2 aromatic heterocycles. The standard InChI is InChI=1S/C11H15N5O/c1-16-8-14-15-10(16)7-12-5-9-3-4-11(17-2)13-6-9/h3-4,6,8,12H,5,7H2,1-2H3. The van der Waals surface area contributed by atoms with Crippen molar-refractivity contribution in [1.29, 1.82) is 0 Å². The van der Waals surface area contributed by atoms with Gasteiger partial charge in [-0.05, 0) is 5.56 Å². The van der Waals surface area contributed by atoms with Crippen LogP contribution in [0.15, 0.2) is 24.7 Å². The molecule has 2 rings (SSSR count). The lowest BCUT2D eigenvalue weighted by Crippen LogP contribution is -2.15. The van der Waals surface area contributed by atoms with E-state index in [9.17, 15) is 0 Å². The zero-order valence-electron chi connectivity index (χ0n) is 9.92. The molecule has 0 saturated heterocycles. The molecule has 0 bridgehead atoms. The molecule has 1 N–H and O–H groups in total. The smallest absolute Gasteiger partial charge is 0.212 e.